The first kappa shape index (κ1) is 16.9. The lowest BCUT2D eigenvalue weighted by molar-refractivity contribution is -0.130. The first-order valence-electron chi connectivity index (χ1n) is 7.70. The van der Waals surface area contributed by atoms with Gasteiger partial charge in [-0.25, -0.2) is 0 Å². The molecule has 0 aliphatic heterocycles. The second-order valence-corrected chi connectivity index (χ2v) is 5.24. The maximum absolute atomic E-state index is 12.6. The van der Waals surface area contributed by atoms with Gasteiger partial charge in [0, 0.05) is 18.7 Å². The lowest BCUT2D eigenvalue weighted by atomic mass is 10.1. The van der Waals surface area contributed by atoms with Gasteiger partial charge in [-0.15, -0.1) is 0 Å². The minimum atomic E-state index is 0.0906. The molecule has 122 valence electrons. The molecule has 0 aliphatic carbocycles. The van der Waals surface area contributed by atoms with Crippen molar-refractivity contribution in [2.24, 2.45) is 0 Å². The molecule has 0 heterocycles. The van der Waals surface area contributed by atoms with Crippen LogP contribution in [-0.2, 0) is 17.8 Å². The van der Waals surface area contributed by atoms with Gasteiger partial charge in [0.1, 0.15) is 11.5 Å². The molecule has 4 nitrogen and oxygen atoms in total. The van der Waals surface area contributed by atoms with Crippen molar-refractivity contribution in [3.05, 3.63) is 59.7 Å². The Morgan fingerprint density at radius 1 is 1.00 bits per heavy atom. The van der Waals surface area contributed by atoms with Gasteiger partial charge in [-0.3, -0.25) is 4.79 Å². The third-order valence-corrected chi connectivity index (χ3v) is 3.80. The zero-order valence-corrected chi connectivity index (χ0v) is 13.9. The lowest BCUT2D eigenvalue weighted by Gasteiger charge is -2.21. The Bertz CT molecular complexity index is 637. The number of ether oxygens (including phenoxy) is 2. The van der Waals surface area contributed by atoms with Crippen LogP contribution in [0.1, 0.15) is 18.1 Å². The first-order chi connectivity index (χ1) is 11.2. The number of amides is 1. The number of para-hydroxylation sites is 1. The van der Waals surface area contributed by atoms with Gasteiger partial charge in [0.25, 0.3) is 0 Å². The molecular formula is C19H23NO3. The normalized spacial score (nSPS) is 10.2. The summed E-state index contributed by atoms with van der Waals surface area (Å²) in [7, 11) is 3.27. The number of rotatable bonds is 7. The van der Waals surface area contributed by atoms with Crippen molar-refractivity contribution in [3.8, 4) is 11.5 Å². The summed E-state index contributed by atoms with van der Waals surface area (Å²) in [4.78, 5) is 14.4. The fourth-order valence-corrected chi connectivity index (χ4v) is 2.45. The highest BCUT2D eigenvalue weighted by Gasteiger charge is 2.15. The molecule has 0 radical (unpaired) electrons. The van der Waals surface area contributed by atoms with Crippen molar-refractivity contribution in [1.29, 1.82) is 0 Å². The van der Waals surface area contributed by atoms with Crippen molar-refractivity contribution in [1.82, 2.24) is 4.90 Å². The summed E-state index contributed by atoms with van der Waals surface area (Å²) in [5.74, 6) is 1.66. The van der Waals surface area contributed by atoms with Gasteiger partial charge < -0.3 is 14.4 Å². The van der Waals surface area contributed by atoms with E-state index in [2.05, 4.69) is 0 Å². The number of carbonyl (C=O) groups is 1. The van der Waals surface area contributed by atoms with E-state index in [1.54, 1.807) is 14.2 Å². The summed E-state index contributed by atoms with van der Waals surface area (Å²) in [5.41, 5.74) is 1.99. The molecule has 2 aromatic carbocycles. The van der Waals surface area contributed by atoms with Crippen LogP contribution in [0.4, 0.5) is 0 Å². The van der Waals surface area contributed by atoms with Crippen LogP contribution in [0.5, 0.6) is 11.5 Å². The van der Waals surface area contributed by atoms with E-state index in [1.165, 1.54) is 0 Å². The van der Waals surface area contributed by atoms with Crippen molar-refractivity contribution in [2.45, 2.75) is 19.9 Å². The van der Waals surface area contributed by atoms with E-state index in [1.807, 2.05) is 60.4 Å². The third kappa shape index (κ3) is 4.49. The molecule has 0 aliphatic rings. The van der Waals surface area contributed by atoms with Gasteiger partial charge in [0.15, 0.2) is 0 Å². The van der Waals surface area contributed by atoms with Crippen molar-refractivity contribution >= 4 is 5.91 Å². The molecule has 4 heteroatoms. The molecule has 23 heavy (non-hydrogen) atoms. The molecule has 0 aromatic heterocycles. The molecule has 2 rings (SSSR count). The molecule has 1 amide bonds. The van der Waals surface area contributed by atoms with E-state index in [9.17, 15) is 4.79 Å². The number of nitrogens with zero attached hydrogens (tertiary/aromatic N) is 1. The highest BCUT2D eigenvalue weighted by molar-refractivity contribution is 5.79. The lowest BCUT2D eigenvalue weighted by Crippen LogP contribution is -2.31. The second kappa shape index (κ2) is 8.22. The first-order valence-corrected chi connectivity index (χ1v) is 7.70. The third-order valence-electron chi connectivity index (χ3n) is 3.80. The molecular weight excluding hydrogens is 290 g/mol. The second-order valence-electron chi connectivity index (χ2n) is 5.24. The zero-order valence-electron chi connectivity index (χ0n) is 13.9. The number of hydrogen-bond donors (Lipinski definition) is 0. The average molecular weight is 313 g/mol. The van der Waals surface area contributed by atoms with Crippen LogP contribution in [0.15, 0.2) is 48.5 Å². The molecule has 0 N–H and O–H groups in total. The van der Waals surface area contributed by atoms with Crippen LogP contribution in [0.2, 0.25) is 0 Å². The Kier molecular flexibility index (Phi) is 6.03. The number of benzene rings is 2. The van der Waals surface area contributed by atoms with Crippen LogP contribution in [0.25, 0.3) is 0 Å². The number of carbonyl (C=O) groups excluding carboxylic acids is 1. The van der Waals surface area contributed by atoms with Gasteiger partial charge in [0.2, 0.25) is 5.91 Å². The predicted molar refractivity (Wildman–Crippen MR) is 90.8 cm³/mol. The number of likely N-dealkylation sites (N-methyl/N-ethyl adjacent to an activating group) is 1. The molecule has 0 saturated heterocycles. The number of methoxy groups -OCH3 is 2. The summed E-state index contributed by atoms with van der Waals surface area (Å²) in [6.45, 7) is 3.25. The Labute approximate surface area is 137 Å². The summed E-state index contributed by atoms with van der Waals surface area (Å²) in [6.07, 6.45) is 0.341. The molecule has 0 saturated carbocycles. The Morgan fingerprint density at radius 2 is 1.70 bits per heavy atom. The molecule has 0 fully saturated rings. The van der Waals surface area contributed by atoms with Gasteiger partial charge >= 0.3 is 0 Å². The van der Waals surface area contributed by atoms with Crippen LogP contribution in [0.3, 0.4) is 0 Å². The van der Waals surface area contributed by atoms with Crippen molar-refractivity contribution < 1.29 is 14.3 Å². The molecule has 0 atom stereocenters. The zero-order chi connectivity index (χ0) is 16.7. The van der Waals surface area contributed by atoms with Crippen LogP contribution < -0.4 is 9.47 Å². The summed E-state index contributed by atoms with van der Waals surface area (Å²) < 4.78 is 10.5. The van der Waals surface area contributed by atoms with E-state index >= 15 is 0 Å². The Hall–Kier alpha value is -2.49. The van der Waals surface area contributed by atoms with Gasteiger partial charge in [0.05, 0.1) is 20.6 Å². The topological polar surface area (TPSA) is 38.8 Å². The molecule has 0 unspecified atom stereocenters. The van der Waals surface area contributed by atoms with E-state index in [0.29, 0.717) is 19.5 Å². The SMILES string of the molecule is CCN(Cc1ccc(OC)cc1)C(=O)Cc1ccccc1OC. The summed E-state index contributed by atoms with van der Waals surface area (Å²) in [5, 5.41) is 0. The Balaban J connectivity index is 2.05. The van der Waals surface area contributed by atoms with Gasteiger partial charge in [-0.05, 0) is 30.7 Å². The summed E-state index contributed by atoms with van der Waals surface area (Å²) in [6, 6.07) is 15.4. The van der Waals surface area contributed by atoms with E-state index in [-0.39, 0.29) is 5.91 Å². The fraction of sp³-hybridized carbons (Fsp3) is 0.316. The fourth-order valence-electron chi connectivity index (χ4n) is 2.45. The maximum Gasteiger partial charge on any atom is 0.227 e. The van der Waals surface area contributed by atoms with Crippen LogP contribution in [0, 0.1) is 0 Å². The maximum atomic E-state index is 12.6. The highest BCUT2D eigenvalue weighted by atomic mass is 16.5. The van der Waals surface area contributed by atoms with Gasteiger partial charge in [-0.1, -0.05) is 30.3 Å². The quantitative estimate of drug-likeness (QED) is 0.787. The van der Waals surface area contributed by atoms with Crippen molar-refractivity contribution in [3.63, 3.8) is 0 Å². The van der Waals surface area contributed by atoms with E-state index in [4.69, 9.17) is 9.47 Å². The van der Waals surface area contributed by atoms with Gasteiger partial charge in [-0.2, -0.15) is 0 Å². The average Bonchev–Trinajstić information content (AvgIpc) is 2.60. The van der Waals surface area contributed by atoms with Crippen molar-refractivity contribution in [2.75, 3.05) is 20.8 Å². The van der Waals surface area contributed by atoms with Crippen LogP contribution >= 0.6 is 0 Å². The largest absolute Gasteiger partial charge is 0.497 e. The monoisotopic (exact) mass is 313 g/mol. The highest BCUT2D eigenvalue weighted by Crippen LogP contribution is 2.19. The van der Waals surface area contributed by atoms with E-state index < -0.39 is 0 Å². The summed E-state index contributed by atoms with van der Waals surface area (Å²) >= 11 is 0. The molecule has 0 bridgehead atoms. The minimum absolute atomic E-state index is 0.0906. The minimum Gasteiger partial charge on any atom is -0.497 e. The predicted octanol–water partition coefficient (Wildman–Crippen LogP) is 3.30. The molecule has 2 aromatic rings. The van der Waals surface area contributed by atoms with E-state index in [0.717, 1.165) is 22.6 Å². The van der Waals surface area contributed by atoms with Crippen LogP contribution in [-0.4, -0.2) is 31.6 Å². The number of hydrogen-bond acceptors (Lipinski definition) is 3. The standard InChI is InChI=1S/C19H23NO3/c1-4-20(14-15-9-11-17(22-2)12-10-15)19(21)13-16-7-5-6-8-18(16)23-3/h5-12H,4,13-14H2,1-3H3. The smallest absolute Gasteiger partial charge is 0.227 e. The molecule has 0 spiro atoms. The Morgan fingerprint density at radius 3 is 2.30 bits per heavy atom.